The molecule has 0 fully saturated rings. The number of rotatable bonds is 7. The molecule has 122 valence electrons. The van der Waals surface area contributed by atoms with E-state index in [0.717, 1.165) is 0 Å². The second-order valence-corrected chi connectivity index (χ2v) is 6.18. The lowest BCUT2D eigenvalue weighted by Gasteiger charge is -2.12. The van der Waals surface area contributed by atoms with Crippen molar-refractivity contribution in [2.45, 2.75) is 12.5 Å². The number of nitrogens with one attached hydrogen (secondary N) is 1. The maximum absolute atomic E-state index is 12.1. The Morgan fingerprint density at radius 1 is 1.30 bits per heavy atom. The molecule has 2 rings (SSSR count). The Morgan fingerprint density at radius 2 is 2.04 bits per heavy atom. The van der Waals surface area contributed by atoms with Crippen LogP contribution < -0.4 is 5.32 Å². The fraction of sp³-hybridized carbons (Fsp3) is 0.250. The first-order valence-electron chi connectivity index (χ1n) is 6.90. The van der Waals surface area contributed by atoms with E-state index in [4.69, 9.17) is 21.1 Å². The van der Waals surface area contributed by atoms with Crippen LogP contribution in [0.15, 0.2) is 40.8 Å². The van der Waals surface area contributed by atoms with Crippen LogP contribution in [0.2, 0.25) is 5.02 Å². The van der Waals surface area contributed by atoms with Crippen molar-refractivity contribution in [1.82, 2.24) is 5.32 Å². The van der Waals surface area contributed by atoms with Gasteiger partial charge in [0.05, 0.1) is 5.02 Å². The molecule has 1 aromatic carbocycles. The molecule has 0 saturated heterocycles. The van der Waals surface area contributed by atoms with Gasteiger partial charge in [-0.25, -0.2) is 4.79 Å². The Kier molecular flexibility index (Phi) is 6.12. The Balaban J connectivity index is 2.12. The van der Waals surface area contributed by atoms with Gasteiger partial charge in [0.25, 0.3) is 5.91 Å². The minimum Gasteiger partial charge on any atom is -0.480 e. The Labute approximate surface area is 143 Å². The van der Waals surface area contributed by atoms with Crippen molar-refractivity contribution < 1.29 is 19.1 Å². The number of hydrogen-bond acceptors (Lipinski definition) is 4. The molecule has 0 unspecified atom stereocenters. The number of carbonyl (C=O) groups is 2. The van der Waals surface area contributed by atoms with E-state index in [2.05, 4.69) is 5.32 Å². The molecule has 5 nitrogen and oxygen atoms in total. The van der Waals surface area contributed by atoms with Crippen molar-refractivity contribution in [3.63, 3.8) is 0 Å². The molecule has 1 amide bonds. The minimum absolute atomic E-state index is 0.0512. The Morgan fingerprint density at radius 3 is 2.70 bits per heavy atom. The largest absolute Gasteiger partial charge is 0.480 e. The second-order valence-electron chi connectivity index (χ2n) is 4.79. The van der Waals surface area contributed by atoms with Crippen LogP contribution in [0.1, 0.15) is 17.0 Å². The van der Waals surface area contributed by atoms with Crippen molar-refractivity contribution in [3.05, 3.63) is 47.2 Å². The number of hydrogen-bond donors (Lipinski definition) is 2. The SMILES string of the molecule is CSCC[C@@H](NC(=O)c1ccc(-c2ccccc2Cl)o1)C(=O)O. The van der Waals surface area contributed by atoms with Crippen LogP contribution in [-0.4, -0.2) is 35.0 Å². The molecule has 23 heavy (non-hydrogen) atoms. The molecule has 0 bridgehead atoms. The number of carboxylic acids is 1. The fourth-order valence-corrected chi connectivity index (χ4v) is 2.69. The van der Waals surface area contributed by atoms with E-state index in [-0.39, 0.29) is 5.76 Å². The highest BCUT2D eigenvalue weighted by Crippen LogP contribution is 2.29. The molecule has 0 aliphatic carbocycles. The van der Waals surface area contributed by atoms with Gasteiger partial charge in [-0.3, -0.25) is 4.79 Å². The molecular weight excluding hydrogens is 338 g/mol. The first kappa shape index (κ1) is 17.4. The molecule has 0 aliphatic heterocycles. The van der Waals surface area contributed by atoms with Gasteiger partial charge in [0, 0.05) is 5.56 Å². The molecule has 0 aliphatic rings. The summed E-state index contributed by atoms with van der Waals surface area (Å²) in [6, 6.07) is 9.31. The number of aliphatic carboxylic acids is 1. The van der Waals surface area contributed by atoms with Crippen molar-refractivity contribution in [2.75, 3.05) is 12.0 Å². The third kappa shape index (κ3) is 4.53. The number of furan rings is 1. The molecule has 0 radical (unpaired) electrons. The van der Waals surface area contributed by atoms with Crippen molar-refractivity contribution in [1.29, 1.82) is 0 Å². The quantitative estimate of drug-likeness (QED) is 0.795. The maximum Gasteiger partial charge on any atom is 0.326 e. The number of carbonyl (C=O) groups excluding carboxylic acids is 1. The molecule has 1 aromatic heterocycles. The number of halogens is 1. The molecule has 1 atom stereocenters. The van der Waals surface area contributed by atoms with E-state index in [1.165, 1.54) is 17.8 Å². The van der Waals surface area contributed by atoms with Gasteiger partial charge in [-0.2, -0.15) is 11.8 Å². The summed E-state index contributed by atoms with van der Waals surface area (Å²) >= 11 is 7.61. The standard InChI is InChI=1S/C16H16ClNO4S/c1-23-9-8-12(16(20)21)18-15(19)14-7-6-13(22-14)10-4-2-3-5-11(10)17/h2-7,12H,8-9H2,1H3,(H,18,19)(H,20,21)/t12-/m1/s1. The third-order valence-corrected chi connectivity index (χ3v) is 4.16. The number of carboxylic acid groups (broad SMARTS) is 1. The topological polar surface area (TPSA) is 79.5 Å². The maximum atomic E-state index is 12.1. The van der Waals surface area contributed by atoms with Crippen LogP contribution in [0.3, 0.4) is 0 Å². The average Bonchev–Trinajstić information content (AvgIpc) is 3.01. The van der Waals surface area contributed by atoms with E-state index in [1.54, 1.807) is 24.3 Å². The highest BCUT2D eigenvalue weighted by atomic mass is 35.5. The van der Waals surface area contributed by atoms with Gasteiger partial charge in [0.1, 0.15) is 11.8 Å². The van der Waals surface area contributed by atoms with E-state index < -0.39 is 17.9 Å². The summed E-state index contributed by atoms with van der Waals surface area (Å²) in [5, 5.41) is 12.1. The van der Waals surface area contributed by atoms with Gasteiger partial charge >= 0.3 is 5.97 Å². The molecule has 7 heteroatoms. The Bertz CT molecular complexity index is 701. The van der Waals surface area contributed by atoms with E-state index in [9.17, 15) is 9.59 Å². The van der Waals surface area contributed by atoms with Crippen LogP contribution in [-0.2, 0) is 4.79 Å². The first-order chi connectivity index (χ1) is 11.0. The average molecular weight is 354 g/mol. The van der Waals surface area contributed by atoms with Gasteiger partial charge in [-0.05, 0) is 42.7 Å². The highest BCUT2D eigenvalue weighted by Gasteiger charge is 2.22. The van der Waals surface area contributed by atoms with Crippen molar-refractivity contribution in [2.24, 2.45) is 0 Å². The summed E-state index contributed by atoms with van der Waals surface area (Å²) in [6.07, 6.45) is 2.23. The zero-order valence-electron chi connectivity index (χ0n) is 12.4. The highest BCUT2D eigenvalue weighted by molar-refractivity contribution is 7.98. The summed E-state index contributed by atoms with van der Waals surface area (Å²) in [6.45, 7) is 0. The minimum atomic E-state index is -1.06. The summed E-state index contributed by atoms with van der Waals surface area (Å²) in [4.78, 5) is 23.3. The van der Waals surface area contributed by atoms with Crippen LogP contribution >= 0.6 is 23.4 Å². The first-order valence-corrected chi connectivity index (χ1v) is 8.67. The summed E-state index contributed by atoms with van der Waals surface area (Å²) < 4.78 is 5.50. The smallest absolute Gasteiger partial charge is 0.326 e. The van der Waals surface area contributed by atoms with Gasteiger partial charge in [0.15, 0.2) is 5.76 Å². The number of benzene rings is 1. The molecule has 0 spiro atoms. The molecule has 2 aromatic rings. The fourth-order valence-electron chi connectivity index (χ4n) is 1.99. The van der Waals surface area contributed by atoms with Crippen LogP contribution in [0, 0.1) is 0 Å². The van der Waals surface area contributed by atoms with Gasteiger partial charge in [-0.1, -0.05) is 23.7 Å². The van der Waals surface area contributed by atoms with Gasteiger partial charge in [-0.15, -0.1) is 0 Å². The molecular formula is C16H16ClNO4S. The lowest BCUT2D eigenvalue weighted by atomic mass is 10.2. The molecule has 2 N–H and O–H groups in total. The molecule has 1 heterocycles. The normalized spacial score (nSPS) is 11.9. The zero-order chi connectivity index (χ0) is 16.8. The third-order valence-electron chi connectivity index (χ3n) is 3.18. The van der Waals surface area contributed by atoms with E-state index in [1.807, 2.05) is 12.3 Å². The van der Waals surface area contributed by atoms with E-state index in [0.29, 0.717) is 28.5 Å². The van der Waals surface area contributed by atoms with Crippen LogP contribution in [0.25, 0.3) is 11.3 Å². The summed E-state index contributed by atoms with van der Waals surface area (Å²) in [5.74, 6) is -0.477. The zero-order valence-corrected chi connectivity index (χ0v) is 14.0. The molecule has 0 saturated carbocycles. The van der Waals surface area contributed by atoms with Crippen LogP contribution in [0.5, 0.6) is 0 Å². The van der Waals surface area contributed by atoms with Crippen molar-refractivity contribution >= 4 is 35.2 Å². The van der Waals surface area contributed by atoms with Gasteiger partial charge < -0.3 is 14.8 Å². The number of thioether (sulfide) groups is 1. The predicted molar refractivity (Wildman–Crippen MR) is 91.0 cm³/mol. The number of amides is 1. The van der Waals surface area contributed by atoms with Gasteiger partial charge in [0.2, 0.25) is 0 Å². The predicted octanol–water partition coefficient (Wildman–Crippen LogP) is 3.54. The van der Waals surface area contributed by atoms with Crippen molar-refractivity contribution in [3.8, 4) is 11.3 Å². The lowest BCUT2D eigenvalue weighted by Crippen LogP contribution is -2.41. The lowest BCUT2D eigenvalue weighted by molar-refractivity contribution is -0.139. The second kappa shape index (κ2) is 8.08. The summed E-state index contributed by atoms with van der Waals surface area (Å²) in [7, 11) is 0. The van der Waals surface area contributed by atoms with Crippen LogP contribution in [0.4, 0.5) is 0 Å². The summed E-state index contributed by atoms with van der Waals surface area (Å²) in [5.41, 5.74) is 0.672. The van der Waals surface area contributed by atoms with E-state index >= 15 is 0 Å². The Hall–Kier alpha value is -1.92. The monoisotopic (exact) mass is 353 g/mol.